The number of carboxylic acid groups (broad SMARTS) is 1. The number of aliphatic carboxylic acids is 1. The summed E-state index contributed by atoms with van der Waals surface area (Å²) in [5.74, 6) is -1.06. The second-order valence-electron chi connectivity index (χ2n) is 4.94. The summed E-state index contributed by atoms with van der Waals surface area (Å²) in [4.78, 5) is 25.5. The maximum absolute atomic E-state index is 12.3. The van der Waals surface area contributed by atoms with Crippen molar-refractivity contribution in [1.82, 2.24) is 14.7 Å². The minimum Gasteiger partial charge on any atom is -0.479 e. The summed E-state index contributed by atoms with van der Waals surface area (Å²) in [5, 5.41) is 13.5. The number of hydrogen-bond acceptors (Lipinski definition) is 3. The maximum atomic E-state index is 12.3. The predicted octanol–water partition coefficient (Wildman–Crippen LogP) is 1.13. The average Bonchev–Trinajstić information content (AvgIpc) is 2.99. The average molecular weight is 265 g/mol. The van der Waals surface area contributed by atoms with Crippen molar-refractivity contribution in [3.05, 3.63) is 18.5 Å². The van der Waals surface area contributed by atoms with Crippen LogP contribution in [0.3, 0.4) is 0 Å². The van der Waals surface area contributed by atoms with Gasteiger partial charge in [0, 0.05) is 18.9 Å². The van der Waals surface area contributed by atoms with Crippen LogP contribution in [-0.2, 0) is 16.1 Å². The smallest absolute Gasteiger partial charge is 0.329 e. The van der Waals surface area contributed by atoms with Crippen LogP contribution in [0.25, 0.3) is 0 Å². The first kappa shape index (κ1) is 13.6. The van der Waals surface area contributed by atoms with Crippen molar-refractivity contribution in [1.29, 1.82) is 0 Å². The molecule has 0 radical (unpaired) electrons. The molecule has 1 aromatic rings. The zero-order chi connectivity index (χ0) is 13.9. The zero-order valence-electron chi connectivity index (χ0n) is 11.1. The van der Waals surface area contributed by atoms with E-state index in [4.69, 9.17) is 0 Å². The zero-order valence-corrected chi connectivity index (χ0v) is 11.1. The highest BCUT2D eigenvalue weighted by molar-refractivity contribution is 5.87. The number of carbonyl (C=O) groups excluding carboxylic acids is 1. The predicted molar refractivity (Wildman–Crippen MR) is 68.4 cm³/mol. The summed E-state index contributed by atoms with van der Waals surface area (Å²) >= 11 is 0. The van der Waals surface area contributed by atoms with Gasteiger partial charge in [-0.25, -0.2) is 4.79 Å². The van der Waals surface area contributed by atoms with E-state index in [0.717, 1.165) is 12.8 Å². The van der Waals surface area contributed by atoms with Gasteiger partial charge in [0.1, 0.15) is 12.1 Å². The fourth-order valence-electron chi connectivity index (χ4n) is 2.86. The molecule has 2 rings (SSSR count). The topological polar surface area (TPSA) is 75.4 Å². The number of nitrogens with zero attached hydrogens (tertiary/aromatic N) is 3. The van der Waals surface area contributed by atoms with Gasteiger partial charge >= 0.3 is 5.97 Å². The van der Waals surface area contributed by atoms with Gasteiger partial charge in [0.2, 0.25) is 5.91 Å². The van der Waals surface area contributed by atoms with Gasteiger partial charge in [-0.2, -0.15) is 5.10 Å². The fourth-order valence-corrected chi connectivity index (χ4v) is 2.86. The lowest BCUT2D eigenvalue weighted by atomic mass is 9.90. The Morgan fingerprint density at radius 3 is 2.84 bits per heavy atom. The minimum absolute atomic E-state index is 0.103. The van der Waals surface area contributed by atoms with Crippen molar-refractivity contribution in [3.8, 4) is 0 Å². The highest BCUT2D eigenvalue weighted by atomic mass is 16.4. The molecule has 1 saturated heterocycles. The molecule has 0 saturated carbocycles. The summed E-state index contributed by atoms with van der Waals surface area (Å²) < 4.78 is 1.53. The molecule has 6 heteroatoms. The number of hydrogen-bond donors (Lipinski definition) is 1. The molecule has 0 bridgehead atoms. The highest BCUT2D eigenvalue weighted by Gasteiger charge is 2.48. The van der Waals surface area contributed by atoms with Crippen molar-refractivity contribution in [2.24, 2.45) is 0 Å². The van der Waals surface area contributed by atoms with Crippen molar-refractivity contribution >= 4 is 11.9 Å². The van der Waals surface area contributed by atoms with E-state index in [1.54, 1.807) is 18.5 Å². The second kappa shape index (κ2) is 5.42. The summed E-state index contributed by atoms with van der Waals surface area (Å²) in [6.07, 6.45) is 5.85. The van der Waals surface area contributed by atoms with Crippen molar-refractivity contribution < 1.29 is 14.7 Å². The van der Waals surface area contributed by atoms with E-state index < -0.39 is 11.5 Å². The lowest BCUT2D eigenvalue weighted by Crippen LogP contribution is -2.53. The van der Waals surface area contributed by atoms with E-state index in [9.17, 15) is 14.7 Å². The number of aromatic nitrogens is 2. The lowest BCUT2D eigenvalue weighted by molar-refractivity contribution is -0.157. The Morgan fingerprint density at radius 1 is 1.47 bits per heavy atom. The highest BCUT2D eigenvalue weighted by Crippen LogP contribution is 2.34. The standard InChI is InChI=1S/C13H19N3O3/c1-2-5-13(12(18)19)6-3-9-16(13)11(17)10-15-8-4-7-14-15/h4,7-8H,2-3,5-6,9-10H2,1H3,(H,18,19). The monoisotopic (exact) mass is 265 g/mol. The van der Waals surface area contributed by atoms with Gasteiger partial charge < -0.3 is 10.0 Å². The number of carbonyl (C=O) groups is 2. The molecular formula is C13H19N3O3. The molecule has 0 spiro atoms. The van der Waals surface area contributed by atoms with Gasteiger partial charge in [0.05, 0.1) is 0 Å². The normalized spacial score (nSPS) is 22.7. The Hall–Kier alpha value is -1.85. The molecule has 1 N–H and O–H groups in total. The number of amides is 1. The van der Waals surface area contributed by atoms with Crippen molar-refractivity contribution in [3.63, 3.8) is 0 Å². The summed E-state index contributed by atoms with van der Waals surface area (Å²) in [6.45, 7) is 2.57. The molecule has 1 amide bonds. The van der Waals surface area contributed by atoms with Crippen LogP contribution in [0.1, 0.15) is 32.6 Å². The minimum atomic E-state index is -1.01. The van der Waals surface area contributed by atoms with E-state index >= 15 is 0 Å². The Morgan fingerprint density at radius 2 is 2.26 bits per heavy atom. The van der Waals surface area contributed by atoms with Gasteiger partial charge in [-0.1, -0.05) is 13.3 Å². The molecule has 1 aromatic heterocycles. The van der Waals surface area contributed by atoms with Crippen LogP contribution in [0.4, 0.5) is 0 Å². The third-order valence-corrected chi connectivity index (χ3v) is 3.71. The van der Waals surface area contributed by atoms with Crippen LogP contribution in [0.15, 0.2) is 18.5 Å². The third-order valence-electron chi connectivity index (χ3n) is 3.71. The third kappa shape index (κ3) is 2.47. The molecular weight excluding hydrogens is 246 g/mol. The lowest BCUT2D eigenvalue weighted by Gasteiger charge is -2.34. The van der Waals surface area contributed by atoms with Crippen molar-refractivity contribution in [2.75, 3.05) is 6.54 Å². The largest absolute Gasteiger partial charge is 0.479 e. The molecule has 104 valence electrons. The Bertz CT molecular complexity index is 458. The van der Waals surface area contributed by atoms with Gasteiger partial charge in [0.25, 0.3) is 0 Å². The second-order valence-corrected chi connectivity index (χ2v) is 4.94. The fraction of sp³-hybridized carbons (Fsp3) is 0.615. The van der Waals surface area contributed by atoms with Gasteiger partial charge in [0.15, 0.2) is 0 Å². The first-order chi connectivity index (χ1) is 9.10. The molecule has 0 aliphatic carbocycles. The van der Waals surface area contributed by atoms with E-state index in [1.807, 2.05) is 6.92 Å². The Balaban J connectivity index is 2.17. The summed E-state index contributed by atoms with van der Waals surface area (Å²) in [7, 11) is 0. The van der Waals surface area contributed by atoms with E-state index in [0.29, 0.717) is 19.4 Å². The van der Waals surface area contributed by atoms with Crippen LogP contribution in [-0.4, -0.2) is 43.7 Å². The Labute approximate surface area is 112 Å². The van der Waals surface area contributed by atoms with Crippen LogP contribution < -0.4 is 0 Å². The number of likely N-dealkylation sites (tertiary alicyclic amines) is 1. The summed E-state index contributed by atoms with van der Waals surface area (Å²) in [5.41, 5.74) is -1.01. The maximum Gasteiger partial charge on any atom is 0.329 e. The number of rotatable bonds is 5. The molecule has 0 aromatic carbocycles. The van der Waals surface area contributed by atoms with Crippen LogP contribution in [0, 0.1) is 0 Å². The first-order valence-corrected chi connectivity index (χ1v) is 6.61. The molecule has 1 aliphatic rings. The molecule has 1 atom stereocenters. The molecule has 1 aliphatic heterocycles. The Kier molecular flexibility index (Phi) is 3.87. The van der Waals surface area contributed by atoms with E-state index in [2.05, 4.69) is 5.10 Å². The molecule has 1 fully saturated rings. The van der Waals surface area contributed by atoms with Crippen molar-refractivity contribution in [2.45, 2.75) is 44.7 Å². The SMILES string of the molecule is CCCC1(C(=O)O)CCCN1C(=O)Cn1cccn1. The van der Waals surface area contributed by atoms with Crippen LogP contribution >= 0.6 is 0 Å². The molecule has 6 nitrogen and oxygen atoms in total. The molecule has 2 heterocycles. The molecule has 19 heavy (non-hydrogen) atoms. The molecule has 1 unspecified atom stereocenters. The summed E-state index contributed by atoms with van der Waals surface area (Å²) in [6, 6.07) is 1.74. The van der Waals surface area contributed by atoms with Gasteiger partial charge in [-0.3, -0.25) is 9.48 Å². The van der Waals surface area contributed by atoms with Gasteiger partial charge in [-0.15, -0.1) is 0 Å². The van der Waals surface area contributed by atoms with Gasteiger partial charge in [-0.05, 0) is 25.3 Å². The van der Waals surface area contributed by atoms with E-state index in [1.165, 1.54) is 9.58 Å². The van der Waals surface area contributed by atoms with Crippen LogP contribution in [0.5, 0.6) is 0 Å². The van der Waals surface area contributed by atoms with E-state index in [-0.39, 0.29) is 12.5 Å². The quantitative estimate of drug-likeness (QED) is 0.866. The van der Waals surface area contributed by atoms with Crippen LogP contribution in [0.2, 0.25) is 0 Å². The number of carboxylic acids is 1. The first-order valence-electron chi connectivity index (χ1n) is 6.61.